The third-order valence-corrected chi connectivity index (χ3v) is 11.3. The van der Waals surface area contributed by atoms with Crippen molar-refractivity contribution in [1.82, 2.24) is 0 Å². The van der Waals surface area contributed by atoms with Crippen LogP contribution in [0, 0.1) is 46.3 Å². The predicted octanol–water partition coefficient (Wildman–Crippen LogP) is 7.78. The summed E-state index contributed by atoms with van der Waals surface area (Å²) in [4.78, 5) is 0. The maximum atomic E-state index is 13.0. The Labute approximate surface area is 199 Å². The van der Waals surface area contributed by atoms with E-state index < -0.39 is 11.8 Å². The summed E-state index contributed by atoms with van der Waals surface area (Å²) < 4.78 is 44.4. The minimum atomic E-state index is -4.32. The van der Waals surface area contributed by atoms with E-state index in [-0.39, 0.29) is 12.7 Å². The first-order chi connectivity index (χ1) is 15.3. The smallest absolute Gasteiger partial charge is 0.393 e. The molecule has 4 aliphatic rings. The van der Waals surface area contributed by atoms with E-state index in [0.717, 1.165) is 50.9 Å². The minimum absolute atomic E-state index is 0.0871. The number of halogens is 3. The van der Waals surface area contributed by atoms with E-state index in [9.17, 15) is 18.3 Å². The molecule has 0 radical (unpaired) electrons. The van der Waals surface area contributed by atoms with Crippen LogP contribution >= 0.6 is 0 Å². The molecule has 4 fully saturated rings. The van der Waals surface area contributed by atoms with Gasteiger partial charge in [0.25, 0.3) is 0 Å². The first kappa shape index (κ1) is 25.8. The molecule has 0 unspecified atom stereocenters. The Morgan fingerprint density at radius 2 is 1.61 bits per heavy atom. The highest BCUT2D eigenvalue weighted by molar-refractivity contribution is 5.09. The highest BCUT2D eigenvalue weighted by atomic mass is 19.4. The van der Waals surface area contributed by atoms with Gasteiger partial charge >= 0.3 is 6.18 Å². The summed E-state index contributed by atoms with van der Waals surface area (Å²) in [6.07, 6.45) is 8.27. The van der Waals surface area contributed by atoms with Gasteiger partial charge in [0.1, 0.15) is 0 Å². The van der Waals surface area contributed by atoms with Crippen LogP contribution in [0.25, 0.3) is 0 Å². The second kappa shape index (κ2) is 8.98. The van der Waals surface area contributed by atoms with Crippen molar-refractivity contribution in [2.75, 3.05) is 6.61 Å². The molecule has 2 nitrogen and oxygen atoms in total. The van der Waals surface area contributed by atoms with Crippen LogP contribution in [0.2, 0.25) is 0 Å². The number of fused-ring (bicyclic) bond motifs is 5. The third kappa shape index (κ3) is 4.52. The standard InChI is InChI=1S/C28H47F3O2/c1-18(7-6-16-33-25(2,3)28(29,30)31)22-10-11-23-21-9-8-19-17-20(32)12-14-26(19,4)24(21)13-15-27(22,23)5/h18-24,32H,6-17H2,1-5H3/t18-,19-,20-,21+,22-,23+,24+,26+,27-/m1/s1. The largest absolute Gasteiger partial charge is 0.416 e. The molecule has 0 bridgehead atoms. The van der Waals surface area contributed by atoms with E-state index in [1.54, 1.807) is 0 Å². The highest BCUT2D eigenvalue weighted by Gasteiger charge is 2.60. The Morgan fingerprint density at radius 3 is 2.30 bits per heavy atom. The van der Waals surface area contributed by atoms with Gasteiger partial charge in [-0.25, -0.2) is 0 Å². The van der Waals surface area contributed by atoms with Crippen LogP contribution in [-0.2, 0) is 4.74 Å². The van der Waals surface area contributed by atoms with Crippen molar-refractivity contribution < 1.29 is 23.0 Å². The molecule has 0 saturated heterocycles. The molecule has 192 valence electrons. The van der Waals surface area contributed by atoms with E-state index >= 15 is 0 Å². The van der Waals surface area contributed by atoms with E-state index in [1.807, 2.05) is 0 Å². The Morgan fingerprint density at radius 1 is 0.939 bits per heavy atom. The van der Waals surface area contributed by atoms with Gasteiger partial charge in [0.05, 0.1) is 6.10 Å². The molecule has 9 atom stereocenters. The molecule has 4 rings (SSSR count). The van der Waals surface area contributed by atoms with Crippen molar-refractivity contribution in [3.8, 4) is 0 Å². The number of hydrogen-bond acceptors (Lipinski definition) is 2. The van der Waals surface area contributed by atoms with Crippen LogP contribution < -0.4 is 0 Å². The van der Waals surface area contributed by atoms with E-state index in [0.29, 0.717) is 35.0 Å². The van der Waals surface area contributed by atoms with Crippen molar-refractivity contribution in [1.29, 1.82) is 0 Å². The van der Waals surface area contributed by atoms with Crippen LogP contribution in [0.5, 0.6) is 0 Å². The van der Waals surface area contributed by atoms with Crippen molar-refractivity contribution in [2.24, 2.45) is 46.3 Å². The van der Waals surface area contributed by atoms with E-state index in [2.05, 4.69) is 20.8 Å². The van der Waals surface area contributed by atoms with Crippen LogP contribution in [0.4, 0.5) is 13.2 Å². The van der Waals surface area contributed by atoms with E-state index in [4.69, 9.17) is 4.74 Å². The number of ether oxygens (including phenoxy) is 1. The summed E-state index contributed by atoms with van der Waals surface area (Å²) in [5.74, 6) is 4.35. The molecule has 0 aromatic rings. The molecule has 0 aromatic carbocycles. The molecule has 0 amide bonds. The minimum Gasteiger partial charge on any atom is -0.393 e. The molecular formula is C28H47F3O2. The topological polar surface area (TPSA) is 29.5 Å². The second-order valence-electron chi connectivity index (χ2n) is 13.3. The molecule has 4 aliphatic carbocycles. The Bertz CT molecular complexity index is 691. The fourth-order valence-corrected chi connectivity index (χ4v) is 9.23. The maximum Gasteiger partial charge on any atom is 0.416 e. The van der Waals surface area contributed by atoms with Gasteiger partial charge in [-0.05, 0) is 131 Å². The molecule has 0 heterocycles. The summed E-state index contributed by atoms with van der Waals surface area (Å²) >= 11 is 0. The number of aliphatic hydroxyl groups is 1. The van der Waals surface area contributed by atoms with Crippen LogP contribution in [0.1, 0.15) is 105 Å². The predicted molar refractivity (Wildman–Crippen MR) is 126 cm³/mol. The summed E-state index contributed by atoms with van der Waals surface area (Å²) in [6.45, 7) is 9.85. The second-order valence-corrected chi connectivity index (χ2v) is 13.3. The van der Waals surface area contributed by atoms with Crippen molar-refractivity contribution in [3.05, 3.63) is 0 Å². The van der Waals surface area contributed by atoms with Gasteiger partial charge in [-0.15, -0.1) is 0 Å². The lowest BCUT2D eigenvalue weighted by molar-refractivity contribution is -0.263. The Kier molecular flexibility index (Phi) is 7.02. The number of aliphatic hydroxyl groups excluding tert-OH is 1. The van der Waals surface area contributed by atoms with Crippen LogP contribution in [0.3, 0.4) is 0 Å². The summed E-state index contributed by atoms with van der Waals surface area (Å²) in [5.41, 5.74) is -1.27. The number of hydrogen-bond donors (Lipinski definition) is 1. The summed E-state index contributed by atoms with van der Waals surface area (Å²) in [5, 5.41) is 10.3. The van der Waals surface area contributed by atoms with Gasteiger partial charge in [-0.1, -0.05) is 20.8 Å². The number of alkyl halides is 3. The van der Waals surface area contributed by atoms with Gasteiger partial charge in [0, 0.05) is 6.61 Å². The molecule has 0 aliphatic heterocycles. The van der Waals surface area contributed by atoms with Gasteiger partial charge in [0.2, 0.25) is 0 Å². The SMILES string of the molecule is C[C@H](CCCOC(C)(C)C(F)(F)F)[C@H]1CC[C@H]2[C@@H]3CC[C@@H]4C[C@H](O)CC[C@]4(C)[C@H]3CC[C@]12C. The molecule has 5 heteroatoms. The summed E-state index contributed by atoms with van der Waals surface area (Å²) in [7, 11) is 0. The van der Waals surface area contributed by atoms with Crippen molar-refractivity contribution in [2.45, 2.75) is 123 Å². The first-order valence-electron chi connectivity index (χ1n) is 13.7. The van der Waals surface area contributed by atoms with Crippen LogP contribution in [0.15, 0.2) is 0 Å². The molecule has 1 N–H and O–H groups in total. The lowest BCUT2D eigenvalue weighted by Gasteiger charge is -2.61. The Balaban J connectivity index is 1.36. The zero-order valence-corrected chi connectivity index (χ0v) is 21.5. The van der Waals surface area contributed by atoms with Gasteiger partial charge in [0.15, 0.2) is 5.60 Å². The van der Waals surface area contributed by atoms with E-state index in [1.165, 1.54) is 44.9 Å². The van der Waals surface area contributed by atoms with Gasteiger partial charge < -0.3 is 9.84 Å². The Hall–Kier alpha value is -0.290. The van der Waals surface area contributed by atoms with Crippen molar-refractivity contribution in [3.63, 3.8) is 0 Å². The molecule has 4 saturated carbocycles. The van der Waals surface area contributed by atoms with Crippen LogP contribution in [-0.4, -0.2) is 29.6 Å². The zero-order valence-electron chi connectivity index (χ0n) is 21.5. The number of rotatable bonds is 6. The average molecular weight is 473 g/mol. The lowest BCUT2D eigenvalue weighted by atomic mass is 9.44. The van der Waals surface area contributed by atoms with Crippen molar-refractivity contribution >= 4 is 0 Å². The summed E-state index contributed by atoms with van der Waals surface area (Å²) in [6, 6.07) is 0. The fraction of sp³-hybridized carbons (Fsp3) is 1.00. The molecule has 0 spiro atoms. The van der Waals surface area contributed by atoms with Gasteiger partial charge in [-0.3, -0.25) is 0 Å². The monoisotopic (exact) mass is 472 g/mol. The fourth-order valence-electron chi connectivity index (χ4n) is 9.23. The zero-order chi connectivity index (χ0) is 24.2. The first-order valence-corrected chi connectivity index (χ1v) is 13.7. The third-order valence-electron chi connectivity index (χ3n) is 11.3. The lowest BCUT2D eigenvalue weighted by Crippen LogP contribution is -2.54. The maximum absolute atomic E-state index is 13.0. The highest BCUT2D eigenvalue weighted by Crippen LogP contribution is 2.68. The molecular weight excluding hydrogens is 425 g/mol. The quantitative estimate of drug-likeness (QED) is 0.400. The molecule has 0 aromatic heterocycles. The van der Waals surface area contributed by atoms with Gasteiger partial charge in [-0.2, -0.15) is 13.2 Å². The average Bonchev–Trinajstić information content (AvgIpc) is 3.08. The normalized spacial score (nSPS) is 44.6. The molecule has 33 heavy (non-hydrogen) atoms.